The highest BCUT2D eigenvalue weighted by molar-refractivity contribution is 8.00. The van der Waals surface area contributed by atoms with E-state index in [1.807, 2.05) is 0 Å². The molecule has 0 fully saturated rings. The summed E-state index contributed by atoms with van der Waals surface area (Å²) in [7, 11) is 0. The third-order valence-corrected chi connectivity index (χ3v) is 4.00. The molecule has 2 aromatic heterocycles. The molecule has 11 heteroatoms. The number of fused-ring (bicyclic) bond motifs is 1. The summed E-state index contributed by atoms with van der Waals surface area (Å²) >= 11 is 1.22. The fourth-order valence-corrected chi connectivity index (χ4v) is 2.66. The van der Waals surface area contributed by atoms with Crippen molar-refractivity contribution >= 4 is 40.7 Å². The second kappa shape index (κ2) is 7.49. The number of hydrazone groups is 1. The lowest BCUT2D eigenvalue weighted by molar-refractivity contribution is -0.384. The Balaban J connectivity index is 1.55. The van der Waals surface area contributed by atoms with E-state index in [4.69, 9.17) is 0 Å². The molecule has 1 amide bonds. The molecule has 0 spiro atoms. The molecule has 2 N–H and O–H groups in total. The third-order valence-electron chi connectivity index (χ3n) is 3.01. The highest BCUT2D eigenvalue weighted by Gasteiger charge is 2.09. The minimum Gasteiger partial charge on any atom is -0.341 e. The summed E-state index contributed by atoms with van der Waals surface area (Å²) in [6.45, 7) is 0. The Labute approximate surface area is 144 Å². The van der Waals surface area contributed by atoms with Crippen LogP contribution in [0.1, 0.15) is 5.56 Å². The smallest absolute Gasteiger partial charge is 0.270 e. The van der Waals surface area contributed by atoms with Crippen molar-refractivity contribution in [1.29, 1.82) is 0 Å². The largest absolute Gasteiger partial charge is 0.341 e. The Morgan fingerprint density at radius 2 is 2.28 bits per heavy atom. The molecule has 3 rings (SSSR count). The summed E-state index contributed by atoms with van der Waals surface area (Å²) in [5, 5.41) is 15.1. The molecule has 10 nitrogen and oxygen atoms in total. The van der Waals surface area contributed by atoms with Gasteiger partial charge in [0.15, 0.2) is 5.65 Å². The maximum atomic E-state index is 11.8. The normalized spacial score (nSPS) is 11.0. The molecule has 126 valence electrons. The van der Waals surface area contributed by atoms with Crippen molar-refractivity contribution in [3.8, 4) is 0 Å². The zero-order valence-corrected chi connectivity index (χ0v) is 13.4. The number of carbonyl (C=O) groups excluding carboxylic acids is 1. The van der Waals surface area contributed by atoms with E-state index in [9.17, 15) is 14.9 Å². The van der Waals surface area contributed by atoms with Crippen LogP contribution in [0.3, 0.4) is 0 Å². The van der Waals surface area contributed by atoms with Crippen LogP contribution in [0.4, 0.5) is 5.69 Å². The predicted octanol–water partition coefficient (Wildman–Crippen LogP) is 1.50. The number of non-ortho nitro benzene ring substituents is 1. The van der Waals surface area contributed by atoms with Crippen LogP contribution < -0.4 is 5.43 Å². The van der Waals surface area contributed by atoms with E-state index in [0.717, 1.165) is 0 Å². The van der Waals surface area contributed by atoms with Crippen molar-refractivity contribution in [3.05, 3.63) is 52.6 Å². The van der Waals surface area contributed by atoms with Crippen LogP contribution in [-0.4, -0.2) is 42.7 Å². The molecule has 0 saturated heterocycles. The average Bonchev–Trinajstić information content (AvgIpc) is 3.09. The van der Waals surface area contributed by atoms with Gasteiger partial charge in [-0.2, -0.15) is 5.10 Å². The fraction of sp³-hybridized carbons (Fsp3) is 0.0714. The number of aromatic nitrogens is 4. The van der Waals surface area contributed by atoms with E-state index in [2.05, 4.69) is 30.5 Å². The van der Waals surface area contributed by atoms with Gasteiger partial charge in [0.2, 0.25) is 5.91 Å². The molecule has 0 atom stereocenters. The number of carbonyl (C=O) groups is 1. The van der Waals surface area contributed by atoms with Gasteiger partial charge in [0.05, 0.1) is 23.2 Å². The minimum absolute atomic E-state index is 0.0434. The van der Waals surface area contributed by atoms with Crippen LogP contribution in [0.5, 0.6) is 0 Å². The highest BCUT2D eigenvalue weighted by Crippen LogP contribution is 2.21. The standard InChI is InChI=1S/C14H11N7O3S/c22-11(6-25-14-12-13(16-7-15-12)17-8-18-14)20-19-5-9-2-1-3-10(4-9)21(23)24/h1-5,7-8H,6H2,(H,20,22)(H,15,16,17,18)/b19-5+. The highest BCUT2D eigenvalue weighted by atomic mass is 32.2. The molecule has 25 heavy (non-hydrogen) atoms. The first-order valence-electron chi connectivity index (χ1n) is 6.97. The van der Waals surface area contributed by atoms with Crippen LogP contribution in [0.25, 0.3) is 11.2 Å². The van der Waals surface area contributed by atoms with Gasteiger partial charge in [-0.3, -0.25) is 14.9 Å². The SMILES string of the molecule is O=C(CSc1ncnc2nc[nH]c12)N/N=C/c1cccc([N+](=O)[O-])c1. The first-order chi connectivity index (χ1) is 12.1. The van der Waals surface area contributed by atoms with Crippen molar-refractivity contribution in [2.45, 2.75) is 5.03 Å². The van der Waals surface area contributed by atoms with Crippen molar-refractivity contribution in [1.82, 2.24) is 25.4 Å². The summed E-state index contributed by atoms with van der Waals surface area (Å²) < 4.78 is 0. The molecule has 0 aliphatic rings. The predicted molar refractivity (Wildman–Crippen MR) is 91.2 cm³/mol. The van der Waals surface area contributed by atoms with Crippen molar-refractivity contribution < 1.29 is 9.72 Å². The zero-order chi connectivity index (χ0) is 17.6. The number of H-pyrrole nitrogens is 1. The van der Waals surface area contributed by atoms with E-state index in [1.54, 1.807) is 12.1 Å². The van der Waals surface area contributed by atoms with E-state index in [-0.39, 0.29) is 17.3 Å². The van der Waals surface area contributed by atoms with E-state index in [1.165, 1.54) is 42.8 Å². The molecule has 3 aromatic rings. The number of nitrogens with one attached hydrogen (secondary N) is 2. The number of thioether (sulfide) groups is 1. The Morgan fingerprint density at radius 3 is 3.12 bits per heavy atom. The minimum atomic E-state index is -0.496. The molecule has 0 unspecified atom stereocenters. The van der Waals surface area contributed by atoms with E-state index < -0.39 is 4.92 Å². The van der Waals surface area contributed by atoms with Gasteiger partial charge in [-0.15, -0.1) is 0 Å². The van der Waals surface area contributed by atoms with E-state index in [0.29, 0.717) is 21.8 Å². The monoisotopic (exact) mass is 357 g/mol. The topological polar surface area (TPSA) is 139 Å². The summed E-state index contributed by atoms with van der Waals surface area (Å²) in [6.07, 6.45) is 4.23. The summed E-state index contributed by atoms with van der Waals surface area (Å²) in [6, 6.07) is 5.93. The number of nitro groups is 1. The number of imidazole rings is 1. The van der Waals surface area contributed by atoms with Crippen LogP contribution in [0, 0.1) is 10.1 Å². The fourth-order valence-electron chi connectivity index (χ4n) is 1.92. The van der Waals surface area contributed by atoms with Crippen molar-refractivity contribution in [3.63, 3.8) is 0 Å². The molecule has 2 heterocycles. The first kappa shape index (κ1) is 16.5. The Kier molecular flexibility index (Phi) is 4.95. The molecule has 0 aliphatic carbocycles. The van der Waals surface area contributed by atoms with Gasteiger partial charge in [0, 0.05) is 17.7 Å². The molecule has 0 saturated carbocycles. The van der Waals surface area contributed by atoms with Gasteiger partial charge in [-0.05, 0) is 0 Å². The number of rotatable bonds is 6. The van der Waals surface area contributed by atoms with Gasteiger partial charge in [0.25, 0.3) is 5.69 Å². The van der Waals surface area contributed by atoms with Crippen LogP contribution in [0.15, 0.2) is 47.0 Å². The second-order valence-electron chi connectivity index (χ2n) is 4.71. The second-order valence-corrected chi connectivity index (χ2v) is 5.68. The number of aromatic amines is 1. The molecule has 0 bridgehead atoms. The van der Waals surface area contributed by atoms with Crippen LogP contribution >= 0.6 is 11.8 Å². The van der Waals surface area contributed by atoms with E-state index >= 15 is 0 Å². The Morgan fingerprint density at radius 1 is 1.40 bits per heavy atom. The maximum absolute atomic E-state index is 11.8. The van der Waals surface area contributed by atoms with Gasteiger partial charge in [0.1, 0.15) is 16.9 Å². The third kappa shape index (κ3) is 4.14. The van der Waals surface area contributed by atoms with Crippen molar-refractivity contribution in [2.75, 3.05) is 5.75 Å². The molecule has 0 radical (unpaired) electrons. The molecular weight excluding hydrogens is 346 g/mol. The maximum Gasteiger partial charge on any atom is 0.270 e. The van der Waals surface area contributed by atoms with Crippen molar-refractivity contribution in [2.24, 2.45) is 5.10 Å². The van der Waals surface area contributed by atoms with Crippen LogP contribution in [0.2, 0.25) is 0 Å². The summed E-state index contributed by atoms with van der Waals surface area (Å²) in [4.78, 5) is 37.1. The summed E-state index contributed by atoms with van der Waals surface area (Å²) in [5.74, 6) is -0.241. The molecular formula is C14H11N7O3S. The number of benzene rings is 1. The number of nitro benzene ring substituents is 1. The first-order valence-corrected chi connectivity index (χ1v) is 7.95. The van der Waals surface area contributed by atoms with Gasteiger partial charge < -0.3 is 4.98 Å². The van der Waals surface area contributed by atoms with Gasteiger partial charge in [-0.1, -0.05) is 23.9 Å². The lowest BCUT2D eigenvalue weighted by atomic mass is 10.2. The lowest BCUT2D eigenvalue weighted by Crippen LogP contribution is -2.19. The number of nitrogens with zero attached hydrogens (tertiary/aromatic N) is 5. The lowest BCUT2D eigenvalue weighted by Gasteiger charge is -2.01. The molecule has 1 aromatic carbocycles. The number of hydrogen-bond acceptors (Lipinski definition) is 8. The molecule has 0 aliphatic heterocycles. The Bertz CT molecular complexity index is 956. The number of hydrogen-bond donors (Lipinski definition) is 2. The van der Waals surface area contributed by atoms with Crippen LogP contribution in [-0.2, 0) is 4.79 Å². The van der Waals surface area contributed by atoms with Gasteiger partial charge in [-0.25, -0.2) is 20.4 Å². The summed E-state index contributed by atoms with van der Waals surface area (Å²) in [5.41, 5.74) is 4.03. The zero-order valence-electron chi connectivity index (χ0n) is 12.6. The van der Waals surface area contributed by atoms with Gasteiger partial charge >= 0.3 is 0 Å². The Hall–Kier alpha value is -3.34. The quantitative estimate of drug-likeness (QED) is 0.224. The number of amides is 1. The average molecular weight is 357 g/mol.